The Morgan fingerprint density at radius 3 is 2.75 bits per heavy atom. The average molecular weight is 342 g/mol. The molecule has 0 spiro atoms. The predicted molar refractivity (Wildman–Crippen MR) is 94.8 cm³/mol. The molecule has 7 heteroatoms. The highest BCUT2D eigenvalue weighted by molar-refractivity contribution is 7.12. The Kier molecular flexibility index (Phi) is 4.61. The van der Waals surface area contributed by atoms with Crippen LogP contribution in [0.15, 0.2) is 35.7 Å². The van der Waals surface area contributed by atoms with Crippen LogP contribution in [0.25, 0.3) is 16.4 Å². The van der Waals surface area contributed by atoms with Crippen molar-refractivity contribution in [2.75, 3.05) is 11.9 Å². The second-order valence-corrected chi connectivity index (χ2v) is 6.15. The van der Waals surface area contributed by atoms with Gasteiger partial charge in [-0.15, -0.1) is 11.3 Å². The number of carbonyl (C=O) groups excluding carboxylic acids is 1. The average Bonchev–Trinajstić information content (AvgIpc) is 3.15. The van der Waals surface area contributed by atoms with Crippen molar-refractivity contribution in [3.05, 3.63) is 47.0 Å². The van der Waals surface area contributed by atoms with E-state index in [9.17, 15) is 4.79 Å². The van der Waals surface area contributed by atoms with E-state index in [0.717, 1.165) is 17.0 Å². The van der Waals surface area contributed by atoms with Crippen molar-refractivity contribution in [3.8, 4) is 16.4 Å². The van der Waals surface area contributed by atoms with Crippen molar-refractivity contribution in [3.63, 3.8) is 0 Å². The third-order valence-corrected chi connectivity index (χ3v) is 4.17. The summed E-state index contributed by atoms with van der Waals surface area (Å²) in [5.74, 6) is 0.538. The van der Waals surface area contributed by atoms with Crippen LogP contribution in [0.5, 0.6) is 0 Å². The largest absolute Gasteiger partial charge is 0.450 e. The van der Waals surface area contributed by atoms with Crippen LogP contribution in [0.4, 0.5) is 10.6 Å². The number of thiazole rings is 1. The molecule has 0 unspecified atom stereocenters. The number of nitrogens with one attached hydrogen (secondary N) is 1. The molecule has 6 nitrogen and oxygen atoms in total. The van der Waals surface area contributed by atoms with Gasteiger partial charge in [0.1, 0.15) is 5.82 Å². The van der Waals surface area contributed by atoms with Crippen LogP contribution in [0.1, 0.15) is 18.2 Å². The van der Waals surface area contributed by atoms with Crippen LogP contribution in [-0.2, 0) is 4.74 Å². The molecule has 0 aliphatic carbocycles. The quantitative estimate of drug-likeness (QED) is 0.772. The Hall–Kier alpha value is -2.67. The predicted octanol–water partition coefficient (Wildman–Crippen LogP) is 4.18. The molecule has 0 atom stereocenters. The van der Waals surface area contributed by atoms with Crippen LogP contribution in [0.2, 0.25) is 0 Å². The van der Waals surface area contributed by atoms with E-state index >= 15 is 0 Å². The maximum Gasteiger partial charge on any atom is 0.412 e. The highest BCUT2D eigenvalue weighted by Crippen LogP contribution is 2.26. The first-order valence-electron chi connectivity index (χ1n) is 7.60. The lowest BCUT2D eigenvalue weighted by Gasteiger charge is -2.06. The zero-order valence-corrected chi connectivity index (χ0v) is 14.6. The van der Waals surface area contributed by atoms with Crippen LogP contribution in [-0.4, -0.2) is 27.5 Å². The first kappa shape index (κ1) is 16.2. The van der Waals surface area contributed by atoms with E-state index in [4.69, 9.17) is 4.74 Å². The standard InChI is InChI=1S/C17H18N4O2S/c1-4-23-17(22)19-15-9-12(3)20-21(15)16-18-14(10-24-16)13-7-5-11(2)6-8-13/h5-10H,4H2,1-3H3,(H,19,22). The van der Waals surface area contributed by atoms with E-state index < -0.39 is 6.09 Å². The molecule has 0 aliphatic heterocycles. The molecule has 0 aliphatic rings. The van der Waals surface area contributed by atoms with Gasteiger partial charge in [0.25, 0.3) is 0 Å². The zero-order chi connectivity index (χ0) is 17.1. The van der Waals surface area contributed by atoms with E-state index in [1.54, 1.807) is 17.7 Å². The fourth-order valence-electron chi connectivity index (χ4n) is 2.22. The van der Waals surface area contributed by atoms with Crippen LogP contribution in [0.3, 0.4) is 0 Å². The van der Waals surface area contributed by atoms with Gasteiger partial charge >= 0.3 is 6.09 Å². The summed E-state index contributed by atoms with van der Waals surface area (Å²) >= 11 is 1.47. The number of hydrogen-bond acceptors (Lipinski definition) is 5. The number of ether oxygens (including phenoxy) is 1. The highest BCUT2D eigenvalue weighted by Gasteiger charge is 2.14. The Morgan fingerprint density at radius 2 is 2.04 bits per heavy atom. The summed E-state index contributed by atoms with van der Waals surface area (Å²) in [5, 5.41) is 9.77. The minimum atomic E-state index is -0.506. The van der Waals surface area contributed by atoms with Gasteiger partial charge in [0.05, 0.1) is 18.0 Å². The maximum atomic E-state index is 11.7. The van der Waals surface area contributed by atoms with Crippen molar-refractivity contribution in [1.82, 2.24) is 14.8 Å². The van der Waals surface area contributed by atoms with Gasteiger partial charge in [-0.3, -0.25) is 5.32 Å². The molecule has 3 rings (SSSR count). The summed E-state index contributed by atoms with van der Waals surface area (Å²) in [6, 6.07) is 9.98. The number of nitrogens with zero attached hydrogens (tertiary/aromatic N) is 3. The fourth-order valence-corrected chi connectivity index (χ4v) is 3.02. The lowest BCUT2D eigenvalue weighted by atomic mass is 10.1. The highest BCUT2D eigenvalue weighted by atomic mass is 32.1. The minimum absolute atomic E-state index is 0.313. The zero-order valence-electron chi connectivity index (χ0n) is 13.7. The van der Waals surface area contributed by atoms with E-state index in [0.29, 0.717) is 17.6 Å². The molecule has 2 heterocycles. The van der Waals surface area contributed by atoms with Gasteiger partial charge in [0, 0.05) is 17.0 Å². The number of aromatic nitrogens is 3. The molecule has 0 fully saturated rings. The number of anilines is 1. The molecule has 0 saturated carbocycles. The number of carbonyl (C=O) groups is 1. The molecule has 3 aromatic rings. The monoisotopic (exact) mass is 342 g/mol. The second-order valence-electron chi connectivity index (χ2n) is 5.31. The Labute approximate surface area is 144 Å². The van der Waals surface area contributed by atoms with Gasteiger partial charge < -0.3 is 4.74 Å². The Balaban J connectivity index is 1.90. The van der Waals surface area contributed by atoms with E-state index in [2.05, 4.69) is 34.5 Å². The smallest absolute Gasteiger partial charge is 0.412 e. The summed E-state index contributed by atoms with van der Waals surface area (Å²) in [6.07, 6.45) is -0.506. The molecule has 0 bridgehead atoms. The van der Waals surface area contributed by atoms with Crippen molar-refractivity contribution < 1.29 is 9.53 Å². The second kappa shape index (κ2) is 6.84. The van der Waals surface area contributed by atoms with Crippen LogP contribution < -0.4 is 5.32 Å². The maximum absolute atomic E-state index is 11.7. The number of hydrogen-bond donors (Lipinski definition) is 1. The van der Waals surface area contributed by atoms with Gasteiger partial charge in [-0.2, -0.15) is 9.78 Å². The van der Waals surface area contributed by atoms with Gasteiger partial charge in [0.15, 0.2) is 0 Å². The van der Waals surface area contributed by atoms with Gasteiger partial charge in [-0.05, 0) is 20.8 Å². The van der Waals surface area contributed by atoms with E-state index in [1.165, 1.54) is 16.9 Å². The number of rotatable bonds is 4. The summed E-state index contributed by atoms with van der Waals surface area (Å²) in [4.78, 5) is 16.3. The van der Waals surface area contributed by atoms with Crippen molar-refractivity contribution in [2.45, 2.75) is 20.8 Å². The third kappa shape index (κ3) is 3.46. The molecule has 24 heavy (non-hydrogen) atoms. The molecule has 124 valence electrons. The van der Waals surface area contributed by atoms with Crippen molar-refractivity contribution in [2.24, 2.45) is 0 Å². The van der Waals surface area contributed by atoms with Crippen LogP contribution >= 0.6 is 11.3 Å². The summed E-state index contributed by atoms with van der Waals surface area (Å²) in [7, 11) is 0. The normalized spacial score (nSPS) is 10.6. The first-order chi connectivity index (χ1) is 11.6. The Morgan fingerprint density at radius 1 is 1.29 bits per heavy atom. The minimum Gasteiger partial charge on any atom is -0.450 e. The molecule has 0 saturated heterocycles. The summed E-state index contributed by atoms with van der Waals surface area (Å²) < 4.78 is 6.54. The summed E-state index contributed by atoms with van der Waals surface area (Å²) in [5.41, 5.74) is 3.92. The van der Waals surface area contributed by atoms with Crippen molar-refractivity contribution in [1.29, 1.82) is 0 Å². The topological polar surface area (TPSA) is 69.0 Å². The van der Waals surface area contributed by atoms with Gasteiger partial charge in [-0.1, -0.05) is 29.8 Å². The third-order valence-electron chi connectivity index (χ3n) is 3.36. The van der Waals surface area contributed by atoms with Crippen molar-refractivity contribution >= 4 is 23.2 Å². The first-order valence-corrected chi connectivity index (χ1v) is 8.48. The van der Waals surface area contributed by atoms with Gasteiger partial charge in [-0.25, -0.2) is 9.78 Å². The Bertz CT molecular complexity index is 852. The van der Waals surface area contributed by atoms with E-state index in [1.807, 2.05) is 24.4 Å². The molecule has 1 aromatic carbocycles. The summed E-state index contributed by atoms with van der Waals surface area (Å²) in [6.45, 7) is 5.99. The lowest BCUT2D eigenvalue weighted by Crippen LogP contribution is -2.16. The van der Waals surface area contributed by atoms with Crippen LogP contribution in [0, 0.1) is 13.8 Å². The molecular formula is C17H18N4O2S. The molecule has 0 radical (unpaired) electrons. The SMILES string of the molecule is CCOC(=O)Nc1cc(C)nn1-c1nc(-c2ccc(C)cc2)cs1. The van der Waals surface area contributed by atoms with E-state index in [-0.39, 0.29) is 0 Å². The van der Waals surface area contributed by atoms with Gasteiger partial charge in [0.2, 0.25) is 5.13 Å². The number of amides is 1. The number of benzene rings is 1. The number of aryl methyl sites for hydroxylation is 2. The fraction of sp³-hybridized carbons (Fsp3) is 0.235. The molecule has 2 aromatic heterocycles. The molecule has 1 N–H and O–H groups in total. The molecular weight excluding hydrogens is 324 g/mol. The lowest BCUT2D eigenvalue weighted by molar-refractivity contribution is 0.167. The molecule has 1 amide bonds.